The van der Waals surface area contributed by atoms with Gasteiger partial charge >= 0.3 is 0 Å². The van der Waals surface area contributed by atoms with Crippen molar-refractivity contribution in [1.82, 2.24) is 0 Å². The molecule has 0 saturated carbocycles. The van der Waals surface area contributed by atoms with E-state index in [1.807, 2.05) is 0 Å². The van der Waals surface area contributed by atoms with E-state index in [-0.39, 0.29) is 10.8 Å². The van der Waals surface area contributed by atoms with E-state index in [4.69, 9.17) is 0 Å². The van der Waals surface area contributed by atoms with Crippen molar-refractivity contribution >= 4 is 15.9 Å². The standard InChI is InChI=1S/C21H27Br/c1-20(2,3)17-8-6-16(7-9-17)14-15-21(4,5)18-10-12-19(22)13-11-18/h6-13H,14-15H2,1-5H3. The fourth-order valence-corrected chi connectivity index (χ4v) is 2.94. The van der Waals surface area contributed by atoms with E-state index in [1.54, 1.807) is 0 Å². The zero-order valence-corrected chi connectivity index (χ0v) is 16.0. The van der Waals surface area contributed by atoms with Crippen molar-refractivity contribution in [3.63, 3.8) is 0 Å². The molecule has 0 aromatic heterocycles. The minimum Gasteiger partial charge on any atom is -0.0587 e. The maximum atomic E-state index is 3.51. The van der Waals surface area contributed by atoms with E-state index in [1.165, 1.54) is 16.7 Å². The Kier molecular flexibility index (Phi) is 5.17. The van der Waals surface area contributed by atoms with Gasteiger partial charge in [0.15, 0.2) is 0 Å². The third-order valence-electron chi connectivity index (χ3n) is 4.48. The molecule has 22 heavy (non-hydrogen) atoms. The van der Waals surface area contributed by atoms with Gasteiger partial charge in [-0.05, 0) is 52.5 Å². The van der Waals surface area contributed by atoms with Gasteiger partial charge in [-0.25, -0.2) is 0 Å². The Morgan fingerprint density at radius 1 is 0.727 bits per heavy atom. The molecular formula is C21H27Br. The maximum Gasteiger partial charge on any atom is 0.0175 e. The molecule has 2 rings (SSSR count). The molecule has 0 aliphatic heterocycles. The van der Waals surface area contributed by atoms with Gasteiger partial charge in [-0.1, -0.05) is 86.9 Å². The lowest BCUT2D eigenvalue weighted by Crippen LogP contribution is -2.18. The monoisotopic (exact) mass is 358 g/mol. The van der Waals surface area contributed by atoms with Crippen molar-refractivity contribution in [2.75, 3.05) is 0 Å². The van der Waals surface area contributed by atoms with Crippen LogP contribution in [0.25, 0.3) is 0 Å². The van der Waals surface area contributed by atoms with Gasteiger partial charge in [-0.3, -0.25) is 0 Å². The van der Waals surface area contributed by atoms with E-state index < -0.39 is 0 Å². The molecule has 1 heteroatoms. The van der Waals surface area contributed by atoms with Crippen molar-refractivity contribution in [1.29, 1.82) is 0 Å². The van der Waals surface area contributed by atoms with Crippen LogP contribution >= 0.6 is 15.9 Å². The topological polar surface area (TPSA) is 0 Å². The van der Waals surface area contributed by atoms with E-state index in [0.717, 1.165) is 17.3 Å². The second kappa shape index (κ2) is 6.58. The first-order valence-corrected chi connectivity index (χ1v) is 8.83. The van der Waals surface area contributed by atoms with Gasteiger partial charge in [-0.2, -0.15) is 0 Å². The van der Waals surface area contributed by atoms with Gasteiger partial charge in [0.1, 0.15) is 0 Å². The van der Waals surface area contributed by atoms with Crippen molar-refractivity contribution in [3.05, 3.63) is 69.7 Å². The van der Waals surface area contributed by atoms with Crippen LogP contribution in [0.3, 0.4) is 0 Å². The number of benzene rings is 2. The van der Waals surface area contributed by atoms with E-state index in [9.17, 15) is 0 Å². The Balaban J connectivity index is 2.04. The molecule has 0 fully saturated rings. The van der Waals surface area contributed by atoms with Crippen molar-refractivity contribution < 1.29 is 0 Å². The van der Waals surface area contributed by atoms with Crippen LogP contribution in [0, 0.1) is 0 Å². The summed E-state index contributed by atoms with van der Waals surface area (Å²) < 4.78 is 1.14. The third kappa shape index (κ3) is 4.46. The summed E-state index contributed by atoms with van der Waals surface area (Å²) in [6.07, 6.45) is 2.27. The Morgan fingerprint density at radius 2 is 1.23 bits per heavy atom. The number of rotatable bonds is 4. The molecule has 0 aliphatic rings. The van der Waals surface area contributed by atoms with Crippen molar-refractivity contribution in [2.45, 2.75) is 58.3 Å². The summed E-state index contributed by atoms with van der Waals surface area (Å²) in [5.74, 6) is 0. The second-order valence-electron chi connectivity index (χ2n) is 7.84. The number of hydrogen-bond acceptors (Lipinski definition) is 0. The fraction of sp³-hybridized carbons (Fsp3) is 0.429. The van der Waals surface area contributed by atoms with Crippen LogP contribution in [-0.4, -0.2) is 0 Å². The highest BCUT2D eigenvalue weighted by Crippen LogP contribution is 2.30. The number of aryl methyl sites for hydroxylation is 1. The fourth-order valence-electron chi connectivity index (χ4n) is 2.67. The van der Waals surface area contributed by atoms with E-state index in [0.29, 0.717) is 0 Å². The minimum atomic E-state index is 0.198. The lowest BCUT2D eigenvalue weighted by atomic mass is 9.79. The molecular weight excluding hydrogens is 332 g/mol. The molecule has 0 bridgehead atoms. The molecule has 2 aromatic carbocycles. The normalized spacial score (nSPS) is 12.5. The first-order valence-electron chi connectivity index (χ1n) is 8.04. The summed E-state index contributed by atoms with van der Waals surface area (Å²) in [4.78, 5) is 0. The van der Waals surface area contributed by atoms with E-state index >= 15 is 0 Å². The summed E-state index contributed by atoms with van der Waals surface area (Å²) in [6.45, 7) is 11.5. The summed E-state index contributed by atoms with van der Waals surface area (Å²) in [5.41, 5.74) is 4.67. The molecule has 0 spiro atoms. The molecule has 0 amide bonds. The molecule has 0 radical (unpaired) electrons. The van der Waals surface area contributed by atoms with Gasteiger partial charge in [0.25, 0.3) is 0 Å². The highest BCUT2D eigenvalue weighted by molar-refractivity contribution is 9.10. The van der Waals surface area contributed by atoms with Crippen LogP contribution in [0.2, 0.25) is 0 Å². The molecule has 0 unspecified atom stereocenters. The van der Waals surface area contributed by atoms with Gasteiger partial charge < -0.3 is 0 Å². The highest BCUT2D eigenvalue weighted by Gasteiger charge is 2.20. The molecule has 0 saturated heterocycles. The average molecular weight is 359 g/mol. The lowest BCUT2D eigenvalue weighted by molar-refractivity contribution is 0.480. The first-order chi connectivity index (χ1) is 10.2. The summed E-state index contributed by atoms with van der Waals surface area (Å²) in [7, 11) is 0. The van der Waals surface area contributed by atoms with Gasteiger partial charge in [-0.15, -0.1) is 0 Å². The summed E-state index contributed by atoms with van der Waals surface area (Å²) in [5, 5.41) is 0. The predicted octanol–water partition coefficient (Wildman–Crippen LogP) is 6.66. The minimum absolute atomic E-state index is 0.198. The van der Waals surface area contributed by atoms with Gasteiger partial charge in [0.2, 0.25) is 0 Å². The van der Waals surface area contributed by atoms with Crippen LogP contribution in [0.15, 0.2) is 53.0 Å². The zero-order valence-electron chi connectivity index (χ0n) is 14.4. The maximum absolute atomic E-state index is 3.51. The average Bonchev–Trinajstić information content (AvgIpc) is 2.45. The molecule has 0 atom stereocenters. The van der Waals surface area contributed by atoms with Crippen LogP contribution in [0.5, 0.6) is 0 Å². The lowest BCUT2D eigenvalue weighted by Gasteiger charge is -2.26. The Morgan fingerprint density at radius 3 is 1.73 bits per heavy atom. The van der Waals surface area contributed by atoms with Crippen LogP contribution in [-0.2, 0) is 17.3 Å². The third-order valence-corrected chi connectivity index (χ3v) is 5.01. The van der Waals surface area contributed by atoms with Gasteiger partial charge in [0.05, 0.1) is 0 Å². The second-order valence-corrected chi connectivity index (χ2v) is 8.75. The molecule has 0 nitrogen and oxygen atoms in total. The molecule has 0 aliphatic carbocycles. The summed E-state index contributed by atoms with van der Waals surface area (Å²) >= 11 is 3.51. The number of hydrogen-bond donors (Lipinski definition) is 0. The zero-order chi connectivity index (χ0) is 16.4. The Hall–Kier alpha value is -1.08. The van der Waals surface area contributed by atoms with Crippen LogP contribution < -0.4 is 0 Å². The Bertz CT molecular complexity index is 598. The first kappa shape index (κ1) is 17.3. The van der Waals surface area contributed by atoms with E-state index in [2.05, 4.69) is 99.1 Å². The number of halogens is 1. The quantitative estimate of drug-likeness (QED) is 0.573. The van der Waals surface area contributed by atoms with Crippen LogP contribution in [0.4, 0.5) is 0 Å². The molecule has 2 aromatic rings. The predicted molar refractivity (Wildman–Crippen MR) is 101 cm³/mol. The van der Waals surface area contributed by atoms with Crippen molar-refractivity contribution in [3.8, 4) is 0 Å². The smallest absolute Gasteiger partial charge is 0.0175 e. The Labute approximate surface area is 144 Å². The molecule has 0 heterocycles. The summed E-state index contributed by atoms with van der Waals surface area (Å²) in [6, 6.07) is 17.9. The van der Waals surface area contributed by atoms with Crippen molar-refractivity contribution in [2.24, 2.45) is 0 Å². The van der Waals surface area contributed by atoms with Gasteiger partial charge in [0, 0.05) is 4.47 Å². The largest absolute Gasteiger partial charge is 0.0587 e. The highest BCUT2D eigenvalue weighted by atomic mass is 79.9. The molecule has 118 valence electrons. The molecule has 0 N–H and O–H groups in total. The SMILES string of the molecule is CC(C)(C)c1ccc(CCC(C)(C)c2ccc(Br)cc2)cc1. The van der Waals surface area contributed by atoms with Crippen LogP contribution in [0.1, 0.15) is 57.7 Å².